The van der Waals surface area contributed by atoms with Crippen molar-refractivity contribution >= 4 is 5.78 Å². The number of benzene rings is 1. The molecule has 3 heteroatoms. The van der Waals surface area contributed by atoms with Crippen LogP contribution in [0.1, 0.15) is 30.9 Å². The van der Waals surface area contributed by atoms with Crippen molar-refractivity contribution in [3.05, 3.63) is 29.3 Å². The molecular weight excluding hydrogens is 226 g/mol. The van der Waals surface area contributed by atoms with Gasteiger partial charge in [-0.05, 0) is 31.9 Å². The first-order valence-electron chi connectivity index (χ1n) is 6.42. The van der Waals surface area contributed by atoms with Gasteiger partial charge in [0.15, 0.2) is 0 Å². The molecule has 3 nitrogen and oxygen atoms in total. The fraction of sp³-hybridized carbons (Fsp3) is 0.533. The average molecular weight is 249 g/mol. The number of ether oxygens (including phenoxy) is 1. The van der Waals surface area contributed by atoms with Crippen molar-refractivity contribution in [3.63, 3.8) is 0 Å². The molecule has 0 aliphatic heterocycles. The highest BCUT2D eigenvalue weighted by Crippen LogP contribution is 2.21. The van der Waals surface area contributed by atoms with Crippen LogP contribution in [0.4, 0.5) is 0 Å². The van der Waals surface area contributed by atoms with E-state index in [9.17, 15) is 4.79 Å². The van der Waals surface area contributed by atoms with Crippen LogP contribution in [-0.4, -0.2) is 19.4 Å². The highest BCUT2D eigenvalue weighted by molar-refractivity contribution is 5.81. The standard InChI is InChI=1S/C15H23NO2/c1-11-5-7-15(18-3)13(8-11)9-14(17)6-4-12(2)10-16/h5,7-8,12H,4,6,9-10,16H2,1-3H3. The summed E-state index contributed by atoms with van der Waals surface area (Å²) in [4.78, 5) is 11.9. The van der Waals surface area contributed by atoms with E-state index < -0.39 is 0 Å². The Morgan fingerprint density at radius 1 is 1.44 bits per heavy atom. The second-order valence-electron chi connectivity index (χ2n) is 4.91. The second-order valence-corrected chi connectivity index (χ2v) is 4.91. The minimum Gasteiger partial charge on any atom is -0.496 e. The number of ketones is 1. The third kappa shape index (κ3) is 4.49. The number of Topliss-reactive ketones (excluding diaryl/α,β-unsaturated/α-hetero) is 1. The van der Waals surface area contributed by atoms with Crippen molar-refractivity contribution in [2.45, 2.75) is 33.1 Å². The van der Waals surface area contributed by atoms with Crippen LogP contribution in [0.15, 0.2) is 18.2 Å². The Hall–Kier alpha value is -1.35. The topological polar surface area (TPSA) is 52.3 Å². The smallest absolute Gasteiger partial charge is 0.137 e. The molecule has 0 amide bonds. The Kier molecular flexibility index (Phi) is 5.86. The van der Waals surface area contributed by atoms with Gasteiger partial charge >= 0.3 is 0 Å². The van der Waals surface area contributed by atoms with Crippen molar-refractivity contribution in [3.8, 4) is 5.75 Å². The van der Waals surface area contributed by atoms with Gasteiger partial charge in [-0.15, -0.1) is 0 Å². The summed E-state index contributed by atoms with van der Waals surface area (Å²) in [5, 5.41) is 0. The normalized spacial score (nSPS) is 12.2. The van der Waals surface area contributed by atoms with Gasteiger partial charge in [-0.25, -0.2) is 0 Å². The molecule has 1 aromatic carbocycles. The van der Waals surface area contributed by atoms with Crippen molar-refractivity contribution in [1.82, 2.24) is 0 Å². The molecule has 18 heavy (non-hydrogen) atoms. The molecule has 100 valence electrons. The van der Waals surface area contributed by atoms with Crippen LogP contribution in [0.5, 0.6) is 5.75 Å². The second kappa shape index (κ2) is 7.17. The zero-order valence-corrected chi connectivity index (χ0v) is 11.5. The van der Waals surface area contributed by atoms with E-state index in [4.69, 9.17) is 10.5 Å². The zero-order valence-electron chi connectivity index (χ0n) is 11.5. The van der Waals surface area contributed by atoms with Crippen molar-refractivity contribution in [1.29, 1.82) is 0 Å². The average Bonchev–Trinajstić information content (AvgIpc) is 2.36. The summed E-state index contributed by atoms with van der Waals surface area (Å²) in [5.41, 5.74) is 7.67. The van der Waals surface area contributed by atoms with Gasteiger partial charge in [-0.1, -0.05) is 24.6 Å². The van der Waals surface area contributed by atoms with E-state index in [0.717, 1.165) is 23.3 Å². The maximum Gasteiger partial charge on any atom is 0.137 e. The molecule has 0 saturated heterocycles. The molecule has 0 saturated carbocycles. The highest BCUT2D eigenvalue weighted by Gasteiger charge is 2.10. The number of rotatable bonds is 7. The minimum absolute atomic E-state index is 0.249. The molecule has 0 fully saturated rings. The Balaban J connectivity index is 2.61. The summed E-state index contributed by atoms with van der Waals surface area (Å²) in [6.45, 7) is 4.73. The van der Waals surface area contributed by atoms with Crippen molar-refractivity contribution < 1.29 is 9.53 Å². The van der Waals surface area contributed by atoms with Gasteiger partial charge < -0.3 is 10.5 Å². The maximum absolute atomic E-state index is 11.9. The number of carbonyl (C=O) groups excluding carboxylic acids is 1. The largest absolute Gasteiger partial charge is 0.496 e. The third-order valence-corrected chi connectivity index (χ3v) is 3.14. The van der Waals surface area contributed by atoms with Gasteiger partial charge in [-0.3, -0.25) is 4.79 Å². The lowest BCUT2D eigenvalue weighted by Crippen LogP contribution is -2.13. The zero-order chi connectivity index (χ0) is 13.5. The highest BCUT2D eigenvalue weighted by atomic mass is 16.5. The molecule has 0 radical (unpaired) electrons. The van der Waals surface area contributed by atoms with Crippen molar-refractivity contribution in [2.24, 2.45) is 11.7 Å². The molecule has 0 heterocycles. The van der Waals surface area contributed by atoms with Crippen LogP contribution in [0.25, 0.3) is 0 Å². The van der Waals surface area contributed by atoms with Gasteiger partial charge in [0.05, 0.1) is 7.11 Å². The van der Waals surface area contributed by atoms with Gasteiger partial charge in [0.2, 0.25) is 0 Å². The SMILES string of the molecule is COc1ccc(C)cc1CC(=O)CCC(C)CN. The predicted molar refractivity (Wildman–Crippen MR) is 73.9 cm³/mol. The molecule has 1 atom stereocenters. The maximum atomic E-state index is 11.9. The summed E-state index contributed by atoms with van der Waals surface area (Å²) >= 11 is 0. The first-order valence-corrected chi connectivity index (χ1v) is 6.42. The predicted octanol–water partition coefficient (Wildman–Crippen LogP) is 2.49. The lowest BCUT2D eigenvalue weighted by atomic mass is 9.99. The first kappa shape index (κ1) is 14.7. The summed E-state index contributed by atoms with van der Waals surface area (Å²) in [6, 6.07) is 5.92. The molecule has 0 aromatic heterocycles. The van der Waals surface area contributed by atoms with Crippen LogP contribution < -0.4 is 10.5 Å². The summed E-state index contributed by atoms with van der Waals surface area (Å²) in [6.07, 6.45) is 1.90. The third-order valence-electron chi connectivity index (χ3n) is 3.14. The van der Waals surface area contributed by atoms with Crippen LogP contribution in [-0.2, 0) is 11.2 Å². The van der Waals surface area contributed by atoms with Crippen molar-refractivity contribution in [2.75, 3.05) is 13.7 Å². The van der Waals surface area contributed by atoms with E-state index in [1.165, 1.54) is 0 Å². The van der Waals surface area contributed by atoms with Crippen LogP contribution >= 0.6 is 0 Å². The van der Waals surface area contributed by atoms with Crippen LogP contribution in [0.2, 0.25) is 0 Å². The number of methoxy groups -OCH3 is 1. The molecule has 1 rings (SSSR count). The summed E-state index contributed by atoms with van der Waals surface area (Å²) < 4.78 is 5.28. The van der Waals surface area contributed by atoms with Gasteiger partial charge in [-0.2, -0.15) is 0 Å². The number of hydrogen-bond donors (Lipinski definition) is 1. The van der Waals surface area contributed by atoms with Crippen LogP contribution in [0.3, 0.4) is 0 Å². The molecule has 2 N–H and O–H groups in total. The van der Waals surface area contributed by atoms with E-state index in [-0.39, 0.29) is 5.78 Å². The molecule has 0 spiro atoms. The van der Waals surface area contributed by atoms with E-state index in [2.05, 4.69) is 6.92 Å². The summed E-state index contributed by atoms with van der Waals surface area (Å²) in [5.74, 6) is 1.45. The molecule has 1 aromatic rings. The molecular formula is C15H23NO2. The molecule has 0 aliphatic rings. The van der Waals surface area contributed by atoms with Gasteiger partial charge in [0, 0.05) is 18.4 Å². The van der Waals surface area contributed by atoms with E-state index in [1.807, 2.05) is 25.1 Å². The van der Waals surface area contributed by atoms with E-state index in [1.54, 1.807) is 7.11 Å². The fourth-order valence-electron chi connectivity index (χ4n) is 1.87. The lowest BCUT2D eigenvalue weighted by molar-refractivity contribution is -0.118. The molecule has 1 unspecified atom stereocenters. The Morgan fingerprint density at radius 3 is 2.78 bits per heavy atom. The Morgan fingerprint density at radius 2 is 2.17 bits per heavy atom. The monoisotopic (exact) mass is 249 g/mol. The number of hydrogen-bond acceptors (Lipinski definition) is 3. The first-order chi connectivity index (χ1) is 8.56. The van der Waals surface area contributed by atoms with Gasteiger partial charge in [0.25, 0.3) is 0 Å². The minimum atomic E-state index is 0.249. The molecule has 0 bridgehead atoms. The van der Waals surface area contributed by atoms with Gasteiger partial charge in [0.1, 0.15) is 11.5 Å². The molecule has 0 aliphatic carbocycles. The summed E-state index contributed by atoms with van der Waals surface area (Å²) in [7, 11) is 1.63. The number of nitrogens with two attached hydrogens (primary N) is 1. The Bertz CT molecular complexity index is 401. The lowest BCUT2D eigenvalue weighted by Gasteiger charge is -2.10. The van der Waals surface area contributed by atoms with E-state index >= 15 is 0 Å². The quantitative estimate of drug-likeness (QED) is 0.807. The number of carbonyl (C=O) groups is 1. The number of aryl methyl sites for hydroxylation is 1. The van der Waals surface area contributed by atoms with E-state index in [0.29, 0.717) is 25.3 Å². The fourth-order valence-corrected chi connectivity index (χ4v) is 1.87. The van der Waals surface area contributed by atoms with Crippen LogP contribution in [0, 0.1) is 12.8 Å². The Labute approximate surface area is 109 Å².